The Labute approximate surface area is 86.4 Å². The monoisotopic (exact) mass is 231 g/mol. The summed E-state index contributed by atoms with van der Waals surface area (Å²) in [6.07, 6.45) is -3.84. The number of fused-ring (bicyclic) bond motifs is 1. The third-order valence-electron chi connectivity index (χ3n) is 1.83. The van der Waals surface area contributed by atoms with Gasteiger partial charge in [-0.25, -0.2) is 4.98 Å². The maximum absolute atomic E-state index is 12.3. The molecule has 0 spiro atoms. The molecule has 2 rings (SSSR count). The highest BCUT2D eigenvalue weighted by molar-refractivity contribution is 7.20. The number of hydrogen-bond donors (Lipinski definition) is 0. The van der Waals surface area contributed by atoms with Crippen LogP contribution in [-0.4, -0.2) is 11.3 Å². The Morgan fingerprint density at radius 3 is 2.67 bits per heavy atom. The van der Waals surface area contributed by atoms with E-state index in [4.69, 9.17) is 0 Å². The number of aromatic nitrogens is 1. The fourth-order valence-electron chi connectivity index (χ4n) is 1.17. The lowest BCUT2D eigenvalue weighted by Crippen LogP contribution is -2.03. The fourth-order valence-corrected chi connectivity index (χ4v) is 1.99. The zero-order chi connectivity index (χ0) is 11.1. The lowest BCUT2D eigenvalue weighted by atomic mass is 10.2. The third kappa shape index (κ3) is 1.85. The van der Waals surface area contributed by atoms with Crippen LogP contribution in [0.2, 0.25) is 0 Å². The highest BCUT2D eigenvalue weighted by atomic mass is 32.1. The van der Waals surface area contributed by atoms with Crippen LogP contribution in [0, 0.1) is 0 Å². The molecule has 0 atom stereocenters. The van der Waals surface area contributed by atoms with Crippen LogP contribution in [0.25, 0.3) is 10.2 Å². The normalized spacial score (nSPS) is 11.9. The van der Waals surface area contributed by atoms with Crippen molar-refractivity contribution in [3.05, 3.63) is 28.8 Å². The lowest BCUT2D eigenvalue weighted by Gasteiger charge is -2.04. The van der Waals surface area contributed by atoms with E-state index in [1.165, 1.54) is 6.07 Å². The Balaban J connectivity index is 2.60. The van der Waals surface area contributed by atoms with Crippen LogP contribution >= 0.6 is 11.3 Å². The summed E-state index contributed by atoms with van der Waals surface area (Å²) in [5.41, 5.74) is -0.314. The zero-order valence-corrected chi connectivity index (χ0v) is 8.02. The van der Waals surface area contributed by atoms with E-state index in [9.17, 15) is 18.0 Å². The molecule has 0 amide bonds. The highest BCUT2D eigenvalue weighted by Gasteiger charge is 2.30. The van der Waals surface area contributed by atoms with E-state index in [2.05, 4.69) is 4.98 Å². The summed E-state index contributed by atoms with van der Waals surface area (Å²) >= 11 is 0.948. The van der Waals surface area contributed by atoms with Crippen molar-refractivity contribution in [1.29, 1.82) is 0 Å². The van der Waals surface area contributed by atoms with Gasteiger partial charge in [0.15, 0.2) is 11.3 Å². The molecule has 15 heavy (non-hydrogen) atoms. The first kappa shape index (κ1) is 10.1. The van der Waals surface area contributed by atoms with Crippen molar-refractivity contribution in [3.63, 3.8) is 0 Å². The molecule has 0 N–H and O–H groups in total. The number of rotatable bonds is 1. The van der Waals surface area contributed by atoms with Gasteiger partial charge in [-0.3, -0.25) is 4.79 Å². The van der Waals surface area contributed by atoms with Crippen molar-refractivity contribution < 1.29 is 18.0 Å². The molecule has 0 saturated heterocycles. The second-order valence-corrected chi connectivity index (χ2v) is 3.91. The van der Waals surface area contributed by atoms with Crippen LogP contribution in [0.15, 0.2) is 18.2 Å². The number of thiazole rings is 1. The molecule has 2 aromatic rings. The number of aldehydes is 1. The molecular formula is C9H4F3NOS. The SMILES string of the molecule is O=Cc1nc2ccc(C(F)(F)F)cc2s1. The van der Waals surface area contributed by atoms with Gasteiger partial charge in [0.25, 0.3) is 0 Å². The molecule has 0 aliphatic carbocycles. The average Bonchev–Trinajstić information content (AvgIpc) is 2.57. The summed E-state index contributed by atoms with van der Waals surface area (Å²) in [4.78, 5) is 14.2. The lowest BCUT2D eigenvalue weighted by molar-refractivity contribution is -0.137. The molecule has 0 radical (unpaired) electrons. The number of halogens is 3. The van der Waals surface area contributed by atoms with Crippen LogP contribution in [0.5, 0.6) is 0 Å². The first-order valence-corrected chi connectivity index (χ1v) is 4.75. The Morgan fingerprint density at radius 2 is 2.07 bits per heavy atom. The molecule has 1 aromatic carbocycles. The van der Waals surface area contributed by atoms with Gasteiger partial charge >= 0.3 is 6.18 Å². The maximum atomic E-state index is 12.3. The van der Waals surface area contributed by atoms with Crippen LogP contribution < -0.4 is 0 Å². The van der Waals surface area contributed by atoms with Gasteiger partial charge in [0.1, 0.15) is 0 Å². The molecule has 0 aliphatic rings. The Morgan fingerprint density at radius 1 is 1.33 bits per heavy atom. The minimum absolute atomic E-state index is 0.185. The first-order valence-electron chi connectivity index (χ1n) is 3.93. The van der Waals surface area contributed by atoms with E-state index in [-0.39, 0.29) is 5.01 Å². The van der Waals surface area contributed by atoms with E-state index in [0.717, 1.165) is 23.5 Å². The highest BCUT2D eigenvalue weighted by Crippen LogP contribution is 2.32. The van der Waals surface area contributed by atoms with Gasteiger partial charge in [0, 0.05) is 0 Å². The number of carbonyl (C=O) groups excluding carboxylic acids is 1. The molecule has 78 valence electrons. The average molecular weight is 231 g/mol. The number of nitrogens with zero attached hydrogens (tertiary/aromatic N) is 1. The Kier molecular flexibility index (Phi) is 2.22. The zero-order valence-electron chi connectivity index (χ0n) is 7.21. The van der Waals surface area contributed by atoms with Crippen molar-refractivity contribution in [1.82, 2.24) is 4.98 Å². The van der Waals surface area contributed by atoms with Gasteiger partial charge in [0.2, 0.25) is 0 Å². The van der Waals surface area contributed by atoms with E-state index in [0.29, 0.717) is 16.5 Å². The predicted octanol–water partition coefficient (Wildman–Crippen LogP) is 3.13. The number of benzene rings is 1. The summed E-state index contributed by atoms with van der Waals surface area (Å²) in [7, 11) is 0. The van der Waals surface area contributed by atoms with Gasteiger partial charge < -0.3 is 0 Å². The van der Waals surface area contributed by atoms with Gasteiger partial charge in [0.05, 0.1) is 15.8 Å². The molecule has 0 fully saturated rings. The van der Waals surface area contributed by atoms with Crippen LogP contribution in [0.3, 0.4) is 0 Å². The van der Waals surface area contributed by atoms with E-state index in [1.807, 2.05) is 0 Å². The van der Waals surface area contributed by atoms with Gasteiger partial charge in [-0.15, -0.1) is 11.3 Å². The van der Waals surface area contributed by atoms with Crippen LogP contribution in [0.4, 0.5) is 13.2 Å². The van der Waals surface area contributed by atoms with Gasteiger partial charge in [-0.05, 0) is 18.2 Å². The summed E-state index contributed by atoms with van der Waals surface area (Å²) < 4.78 is 37.3. The molecule has 0 unspecified atom stereocenters. The minimum atomic E-state index is -4.36. The largest absolute Gasteiger partial charge is 0.416 e. The minimum Gasteiger partial charge on any atom is -0.295 e. The molecule has 0 aliphatic heterocycles. The number of carbonyl (C=O) groups is 1. The number of alkyl halides is 3. The van der Waals surface area contributed by atoms with Gasteiger partial charge in [-0.2, -0.15) is 13.2 Å². The molecule has 6 heteroatoms. The molecule has 2 nitrogen and oxygen atoms in total. The summed E-state index contributed by atoms with van der Waals surface area (Å²) in [6, 6.07) is 3.22. The fraction of sp³-hybridized carbons (Fsp3) is 0.111. The second-order valence-electron chi connectivity index (χ2n) is 2.85. The molecule has 1 aromatic heterocycles. The standard InChI is InChI=1S/C9H4F3NOS/c10-9(11,12)5-1-2-6-7(3-5)15-8(4-14)13-6/h1-4H. The summed E-state index contributed by atoms with van der Waals surface area (Å²) in [6.45, 7) is 0. The van der Waals surface area contributed by atoms with Crippen LogP contribution in [0.1, 0.15) is 15.4 Å². The smallest absolute Gasteiger partial charge is 0.295 e. The van der Waals surface area contributed by atoms with Crippen LogP contribution in [-0.2, 0) is 6.18 Å². The first-order chi connectivity index (χ1) is 7.00. The quantitative estimate of drug-likeness (QED) is 0.706. The van der Waals surface area contributed by atoms with E-state index in [1.54, 1.807) is 0 Å². The predicted molar refractivity (Wildman–Crippen MR) is 50.0 cm³/mol. The van der Waals surface area contributed by atoms with E-state index < -0.39 is 11.7 Å². The van der Waals surface area contributed by atoms with Gasteiger partial charge in [-0.1, -0.05) is 0 Å². The van der Waals surface area contributed by atoms with E-state index >= 15 is 0 Å². The maximum Gasteiger partial charge on any atom is 0.416 e. The molecule has 0 bridgehead atoms. The van der Waals surface area contributed by atoms with Crippen molar-refractivity contribution in [3.8, 4) is 0 Å². The van der Waals surface area contributed by atoms with Crippen molar-refractivity contribution in [2.24, 2.45) is 0 Å². The molecule has 0 saturated carbocycles. The molecular weight excluding hydrogens is 227 g/mol. The Bertz CT molecular complexity index is 518. The summed E-state index contributed by atoms with van der Waals surface area (Å²) in [5, 5.41) is 0.185. The van der Waals surface area contributed by atoms with Crippen molar-refractivity contribution in [2.75, 3.05) is 0 Å². The number of hydrogen-bond acceptors (Lipinski definition) is 3. The topological polar surface area (TPSA) is 30.0 Å². The second kappa shape index (κ2) is 3.30. The third-order valence-corrected chi connectivity index (χ3v) is 2.78. The molecule has 1 heterocycles. The van der Waals surface area contributed by atoms with Crippen molar-refractivity contribution >= 4 is 27.8 Å². The summed E-state index contributed by atoms with van der Waals surface area (Å²) in [5.74, 6) is 0. The Hall–Kier alpha value is -1.43. The van der Waals surface area contributed by atoms with Crippen molar-refractivity contribution in [2.45, 2.75) is 6.18 Å².